The number of rotatable bonds is 9. The lowest BCUT2D eigenvalue weighted by Crippen LogP contribution is -2.21. The zero-order valence-corrected chi connectivity index (χ0v) is 21.2. The lowest BCUT2D eigenvalue weighted by molar-refractivity contribution is 0.0526. The highest BCUT2D eigenvalue weighted by Crippen LogP contribution is 2.27. The van der Waals surface area contributed by atoms with Gasteiger partial charge in [-0.1, -0.05) is 41.3 Å². The van der Waals surface area contributed by atoms with Crippen molar-refractivity contribution in [1.82, 2.24) is 14.1 Å². The molecule has 176 valence electrons. The first-order valence-electron chi connectivity index (χ1n) is 10.8. The third-order valence-corrected chi connectivity index (χ3v) is 7.14. The lowest BCUT2D eigenvalue weighted by Gasteiger charge is -2.13. The molecule has 0 N–H and O–H groups in total. The molecule has 0 bridgehead atoms. The fraction of sp³-hybridized carbons (Fsp3) is 0.250. The van der Waals surface area contributed by atoms with Crippen LogP contribution in [-0.4, -0.2) is 45.7 Å². The number of thioether (sulfide) groups is 1. The maximum absolute atomic E-state index is 13.6. The number of hydrogen-bond donors (Lipinski definition) is 0. The van der Waals surface area contributed by atoms with Gasteiger partial charge in [0.05, 0.1) is 24.5 Å². The molecule has 2 heterocycles. The molecular weight excluding hydrogens is 490 g/mol. The average molecular weight is 514 g/mol. The highest BCUT2D eigenvalue weighted by Gasteiger charge is 2.19. The fourth-order valence-corrected chi connectivity index (χ4v) is 5.52. The monoisotopic (exact) mass is 513 g/mol. The van der Waals surface area contributed by atoms with Crippen LogP contribution in [0.3, 0.4) is 0 Å². The summed E-state index contributed by atoms with van der Waals surface area (Å²) in [5.41, 5.74) is 2.23. The Bertz CT molecular complexity index is 1410. The summed E-state index contributed by atoms with van der Waals surface area (Å²) in [6.45, 7) is 5.20. The van der Waals surface area contributed by atoms with E-state index in [9.17, 15) is 9.59 Å². The Kier molecular flexibility index (Phi) is 7.94. The molecule has 0 saturated heterocycles. The largest absolute Gasteiger partial charge is 0.462 e. The summed E-state index contributed by atoms with van der Waals surface area (Å²) >= 11 is 8.30. The number of carbonyl (C=O) groups excluding carboxylic acids is 1. The van der Waals surface area contributed by atoms with Gasteiger partial charge in [-0.2, -0.15) is 0 Å². The molecule has 0 unspecified atom stereocenters. The van der Waals surface area contributed by atoms with Gasteiger partial charge < -0.3 is 9.47 Å². The molecule has 0 saturated carbocycles. The molecule has 4 rings (SSSR count). The Morgan fingerprint density at radius 2 is 1.74 bits per heavy atom. The van der Waals surface area contributed by atoms with Crippen LogP contribution in [-0.2, 0) is 9.47 Å². The molecule has 2 aromatic heterocycles. The smallest absolute Gasteiger partial charge is 0.338 e. The number of esters is 1. The number of fused-ring (bicyclic) bond motifs is 1. The number of hydrogen-bond acceptors (Lipinski definition) is 8. The average Bonchev–Trinajstić information content (AvgIpc) is 3.19. The quantitative estimate of drug-likeness (QED) is 0.0992. The molecule has 0 aliphatic carbocycles. The van der Waals surface area contributed by atoms with E-state index >= 15 is 0 Å². The summed E-state index contributed by atoms with van der Waals surface area (Å²) < 4.78 is 14.9. The van der Waals surface area contributed by atoms with Crippen molar-refractivity contribution in [3.8, 4) is 11.4 Å². The van der Waals surface area contributed by atoms with E-state index in [1.807, 2.05) is 37.3 Å². The fourth-order valence-electron chi connectivity index (χ4n) is 3.36. The van der Waals surface area contributed by atoms with Crippen LogP contribution in [0.5, 0.6) is 0 Å². The SMILES string of the molecule is CCOCCSc1nc2c(sc(=S)n2-c2ccc(C(=O)OCC)cc2)c(=O)n1-c1ccccc1. The molecule has 10 heteroatoms. The van der Waals surface area contributed by atoms with Gasteiger partial charge in [-0.15, -0.1) is 0 Å². The van der Waals surface area contributed by atoms with Crippen LogP contribution < -0.4 is 5.56 Å². The van der Waals surface area contributed by atoms with Gasteiger partial charge in [-0.3, -0.25) is 13.9 Å². The third kappa shape index (κ3) is 5.00. The van der Waals surface area contributed by atoms with Gasteiger partial charge in [0.15, 0.2) is 14.8 Å². The minimum atomic E-state index is -0.385. The van der Waals surface area contributed by atoms with Gasteiger partial charge in [-0.25, -0.2) is 9.78 Å². The van der Waals surface area contributed by atoms with Gasteiger partial charge in [0.1, 0.15) is 4.70 Å². The van der Waals surface area contributed by atoms with Gasteiger partial charge in [0.25, 0.3) is 5.56 Å². The molecule has 0 fully saturated rings. The van der Waals surface area contributed by atoms with E-state index in [1.165, 1.54) is 23.1 Å². The summed E-state index contributed by atoms with van der Waals surface area (Å²) in [5, 5.41) is 0.563. The first-order valence-corrected chi connectivity index (χ1v) is 13.0. The predicted octanol–water partition coefficient (Wildman–Crippen LogP) is 5.27. The summed E-state index contributed by atoms with van der Waals surface area (Å²) in [6, 6.07) is 16.4. The van der Waals surface area contributed by atoms with Crippen LogP contribution in [0.2, 0.25) is 0 Å². The van der Waals surface area contributed by atoms with Crippen molar-refractivity contribution in [1.29, 1.82) is 0 Å². The Hall–Kier alpha value is -2.79. The Morgan fingerprint density at radius 1 is 1.03 bits per heavy atom. The van der Waals surface area contributed by atoms with E-state index in [1.54, 1.807) is 40.3 Å². The minimum Gasteiger partial charge on any atom is -0.462 e. The number of aromatic nitrogens is 3. The van der Waals surface area contributed by atoms with Crippen molar-refractivity contribution in [3.05, 3.63) is 74.5 Å². The molecule has 0 radical (unpaired) electrons. The maximum atomic E-state index is 13.6. The molecule has 0 spiro atoms. The van der Waals surface area contributed by atoms with Crippen LogP contribution >= 0.6 is 35.3 Å². The number of ether oxygens (including phenoxy) is 2. The molecule has 0 aliphatic heterocycles. The molecule has 0 atom stereocenters. The van der Waals surface area contributed by atoms with Crippen molar-refractivity contribution in [2.45, 2.75) is 19.0 Å². The molecule has 0 aliphatic rings. The first-order chi connectivity index (χ1) is 16.5. The van der Waals surface area contributed by atoms with Crippen LogP contribution in [0.1, 0.15) is 24.2 Å². The third-order valence-electron chi connectivity index (χ3n) is 4.89. The molecule has 2 aromatic carbocycles. The number of carbonyl (C=O) groups is 1. The second-order valence-electron chi connectivity index (χ2n) is 7.04. The summed E-state index contributed by atoms with van der Waals surface area (Å²) in [6.07, 6.45) is 0. The van der Waals surface area contributed by atoms with E-state index in [4.69, 9.17) is 26.7 Å². The van der Waals surface area contributed by atoms with E-state index in [-0.39, 0.29) is 11.5 Å². The van der Waals surface area contributed by atoms with E-state index in [0.717, 1.165) is 11.4 Å². The van der Waals surface area contributed by atoms with E-state index < -0.39 is 0 Å². The molecular formula is C24H23N3O4S3. The Balaban J connectivity index is 1.85. The highest BCUT2D eigenvalue weighted by molar-refractivity contribution is 7.99. The maximum Gasteiger partial charge on any atom is 0.338 e. The number of thiazole rings is 1. The molecule has 0 amide bonds. The van der Waals surface area contributed by atoms with E-state index in [2.05, 4.69) is 0 Å². The van der Waals surface area contributed by atoms with Gasteiger partial charge >= 0.3 is 5.97 Å². The standard InChI is InChI=1S/C24H23N3O4S3/c1-3-30-14-15-33-23-25-20-19(21(28)27(23)17-8-6-5-7-9-17)34-24(32)26(20)18-12-10-16(11-13-18)22(29)31-4-2/h5-13H,3-4,14-15H2,1-2H3. The zero-order valence-electron chi connectivity index (χ0n) is 18.7. The van der Waals surface area contributed by atoms with Crippen molar-refractivity contribution in [3.63, 3.8) is 0 Å². The molecule has 7 nitrogen and oxygen atoms in total. The van der Waals surface area contributed by atoms with Crippen LogP contribution in [0, 0.1) is 3.95 Å². The second-order valence-corrected chi connectivity index (χ2v) is 9.75. The van der Waals surface area contributed by atoms with Gasteiger partial charge in [-0.05, 0) is 62.5 Å². The zero-order chi connectivity index (χ0) is 24.1. The number of nitrogens with zero attached hydrogens (tertiary/aromatic N) is 3. The molecule has 34 heavy (non-hydrogen) atoms. The lowest BCUT2D eigenvalue weighted by atomic mass is 10.2. The highest BCUT2D eigenvalue weighted by atomic mass is 32.2. The second kappa shape index (κ2) is 11.1. The normalized spacial score (nSPS) is 11.1. The van der Waals surface area contributed by atoms with Crippen LogP contribution in [0.4, 0.5) is 0 Å². The van der Waals surface area contributed by atoms with Crippen molar-refractivity contribution >= 4 is 51.6 Å². The number of para-hydroxylation sites is 1. The van der Waals surface area contributed by atoms with Crippen LogP contribution in [0.25, 0.3) is 21.7 Å². The summed E-state index contributed by atoms with van der Waals surface area (Å²) in [7, 11) is 0. The van der Waals surface area contributed by atoms with Crippen molar-refractivity contribution < 1.29 is 14.3 Å². The van der Waals surface area contributed by atoms with Crippen molar-refractivity contribution in [2.75, 3.05) is 25.6 Å². The van der Waals surface area contributed by atoms with Gasteiger partial charge in [0, 0.05) is 18.0 Å². The number of benzene rings is 2. The Labute approximate surface area is 210 Å². The van der Waals surface area contributed by atoms with Crippen molar-refractivity contribution in [2.24, 2.45) is 0 Å². The summed E-state index contributed by atoms with van der Waals surface area (Å²) in [5.74, 6) is 0.266. The molecule has 4 aromatic rings. The predicted molar refractivity (Wildman–Crippen MR) is 139 cm³/mol. The Morgan fingerprint density at radius 3 is 2.41 bits per heavy atom. The van der Waals surface area contributed by atoms with E-state index in [0.29, 0.717) is 50.6 Å². The van der Waals surface area contributed by atoms with Gasteiger partial charge in [0.2, 0.25) is 0 Å². The summed E-state index contributed by atoms with van der Waals surface area (Å²) in [4.78, 5) is 30.5. The minimum absolute atomic E-state index is 0.173. The first kappa shape index (κ1) is 24.3. The topological polar surface area (TPSA) is 75.4 Å². The van der Waals surface area contributed by atoms with Crippen LogP contribution in [0.15, 0.2) is 64.5 Å².